The van der Waals surface area contributed by atoms with Crippen LogP contribution in [0, 0.1) is 23.7 Å². The zero-order valence-electron chi connectivity index (χ0n) is 18.9. The molecule has 0 aliphatic rings. The molecule has 0 N–H and O–H groups in total. The molecule has 29 heavy (non-hydrogen) atoms. The fourth-order valence-corrected chi connectivity index (χ4v) is 3.58. The van der Waals surface area contributed by atoms with Crippen molar-refractivity contribution in [2.45, 2.75) is 71.5 Å². The van der Waals surface area contributed by atoms with Gasteiger partial charge in [-0.15, -0.1) is 0 Å². The molecular formula is C27H34OSi. The maximum Gasteiger partial charge on any atom is 0.250 e. The summed E-state index contributed by atoms with van der Waals surface area (Å²) in [5.74, 6) is 14.1. The van der Waals surface area contributed by atoms with Crippen LogP contribution >= 0.6 is 0 Å². The van der Waals surface area contributed by atoms with Crippen molar-refractivity contribution in [2.24, 2.45) is 0 Å². The minimum Gasteiger partial charge on any atom is -0.543 e. The summed E-state index contributed by atoms with van der Waals surface area (Å²) >= 11 is 0. The van der Waals surface area contributed by atoms with E-state index >= 15 is 0 Å². The van der Waals surface area contributed by atoms with Crippen molar-refractivity contribution in [3.8, 4) is 29.4 Å². The highest BCUT2D eigenvalue weighted by molar-refractivity contribution is 6.74. The first kappa shape index (κ1) is 22.9. The highest BCUT2D eigenvalue weighted by Crippen LogP contribution is 2.38. The van der Waals surface area contributed by atoms with Crippen LogP contribution in [0.5, 0.6) is 5.75 Å². The van der Waals surface area contributed by atoms with Gasteiger partial charge in [0.15, 0.2) is 0 Å². The fraction of sp³-hybridized carbons (Fsp3) is 0.407. The Hall–Kier alpha value is -2.42. The van der Waals surface area contributed by atoms with Gasteiger partial charge in [0, 0.05) is 17.5 Å². The second kappa shape index (κ2) is 10.4. The maximum absolute atomic E-state index is 6.53. The number of para-hydroxylation sites is 1. The normalized spacial score (nSPS) is 11.1. The van der Waals surface area contributed by atoms with Crippen LogP contribution < -0.4 is 4.43 Å². The van der Waals surface area contributed by atoms with E-state index in [0.29, 0.717) is 0 Å². The third-order valence-electron chi connectivity index (χ3n) is 5.45. The van der Waals surface area contributed by atoms with E-state index in [1.807, 2.05) is 42.5 Å². The molecule has 0 radical (unpaired) electrons. The van der Waals surface area contributed by atoms with Gasteiger partial charge < -0.3 is 4.43 Å². The molecule has 2 heteroatoms. The Morgan fingerprint density at radius 2 is 1.34 bits per heavy atom. The second-order valence-corrected chi connectivity index (χ2v) is 13.6. The standard InChI is InChI=1S/C27H34OSi/c1-7-8-9-10-11-16-23-17-12-13-18-24(23)21-22-25-19-14-15-20-26(25)28-29(5,6)27(2,3)4/h12-15,17-20H,7-10H2,1-6H3. The van der Waals surface area contributed by atoms with Crippen LogP contribution in [-0.4, -0.2) is 8.32 Å². The summed E-state index contributed by atoms with van der Waals surface area (Å²) in [4.78, 5) is 0. The van der Waals surface area contributed by atoms with Crippen molar-refractivity contribution in [1.82, 2.24) is 0 Å². The van der Waals surface area contributed by atoms with Crippen LogP contribution in [0.25, 0.3) is 0 Å². The number of unbranched alkanes of at least 4 members (excludes halogenated alkanes) is 3. The summed E-state index contributed by atoms with van der Waals surface area (Å²) in [6.07, 6.45) is 4.57. The lowest BCUT2D eigenvalue weighted by atomic mass is 10.1. The molecule has 2 aromatic carbocycles. The van der Waals surface area contributed by atoms with E-state index in [-0.39, 0.29) is 5.04 Å². The van der Waals surface area contributed by atoms with Gasteiger partial charge in [0.1, 0.15) is 5.75 Å². The molecule has 0 fully saturated rings. The largest absolute Gasteiger partial charge is 0.543 e. The molecule has 0 heterocycles. The van der Waals surface area contributed by atoms with E-state index in [1.54, 1.807) is 0 Å². The molecule has 0 unspecified atom stereocenters. The lowest BCUT2D eigenvalue weighted by molar-refractivity contribution is 0.491. The van der Waals surface area contributed by atoms with E-state index in [1.165, 1.54) is 12.8 Å². The molecule has 0 amide bonds. The van der Waals surface area contributed by atoms with Gasteiger partial charge in [-0.05, 0) is 48.8 Å². The molecule has 0 atom stereocenters. The SMILES string of the molecule is CCCCCC#Cc1ccccc1C#Cc1ccccc1O[Si](C)(C)C(C)(C)C. The minimum absolute atomic E-state index is 0.146. The molecule has 1 nitrogen and oxygen atoms in total. The van der Waals surface area contributed by atoms with Crippen LogP contribution in [0.1, 0.15) is 70.1 Å². The molecule has 0 aliphatic carbocycles. The van der Waals surface area contributed by atoms with E-state index in [9.17, 15) is 0 Å². The van der Waals surface area contributed by atoms with Crippen molar-refractivity contribution in [2.75, 3.05) is 0 Å². The monoisotopic (exact) mass is 402 g/mol. The van der Waals surface area contributed by atoms with Crippen molar-refractivity contribution >= 4 is 8.32 Å². The summed E-state index contributed by atoms with van der Waals surface area (Å²) in [6.45, 7) is 13.5. The molecule has 0 saturated carbocycles. The van der Waals surface area contributed by atoms with Crippen molar-refractivity contribution in [1.29, 1.82) is 0 Å². The molecule has 0 spiro atoms. The van der Waals surface area contributed by atoms with E-state index < -0.39 is 8.32 Å². The first-order valence-electron chi connectivity index (χ1n) is 10.6. The quantitative estimate of drug-likeness (QED) is 0.287. The van der Waals surface area contributed by atoms with Gasteiger partial charge in [-0.2, -0.15) is 0 Å². The molecule has 0 saturated heterocycles. The molecule has 0 aromatic heterocycles. The predicted molar refractivity (Wildman–Crippen MR) is 128 cm³/mol. The van der Waals surface area contributed by atoms with Gasteiger partial charge in [0.25, 0.3) is 8.32 Å². The van der Waals surface area contributed by atoms with Gasteiger partial charge in [-0.1, -0.05) is 88.5 Å². The predicted octanol–water partition coefficient (Wildman–Crippen LogP) is 7.40. The third kappa shape index (κ3) is 6.84. The molecule has 2 rings (SSSR count). The fourth-order valence-electron chi connectivity index (χ4n) is 2.54. The van der Waals surface area contributed by atoms with E-state index in [4.69, 9.17) is 4.43 Å². The Bertz CT molecular complexity index is 926. The molecule has 0 bridgehead atoms. The lowest BCUT2D eigenvalue weighted by Gasteiger charge is -2.36. The van der Waals surface area contributed by atoms with Crippen LogP contribution in [0.15, 0.2) is 48.5 Å². The van der Waals surface area contributed by atoms with Gasteiger partial charge in [0.2, 0.25) is 0 Å². The Balaban J connectivity index is 2.28. The summed E-state index contributed by atoms with van der Waals surface area (Å²) in [7, 11) is -1.92. The van der Waals surface area contributed by atoms with Crippen LogP contribution in [0.3, 0.4) is 0 Å². The lowest BCUT2D eigenvalue weighted by Crippen LogP contribution is -2.44. The average Bonchev–Trinajstić information content (AvgIpc) is 2.67. The van der Waals surface area contributed by atoms with E-state index in [2.05, 4.69) is 70.5 Å². The maximum atomic E-state index is 6.53. The zero-order chi connectivity index (χ0) is 21.3. The van der Waals surface area contributed by atoms with Crippen LogP contribution in [0.2, 0.25) is 18.1 Å². The molecular weight excluding hydrogens is 368 g/mol. The highest BCUT2D eigenvalue weighted by Gasteiger charge is 2.39. The zero-order valence-corrected chi connectivity index (χ0v) is 19.9. The number of rotatable bonds is 5. The number of hydrogen-bond donors (Lipinski definition) is 0. The Morgan fingerprint density at radius 3 is 1.97 bits per heavy atom. The number of benzene rings is 2. The number of hydrogen-bond acceptors (Lipinski definition) is 1. The van der Waals surface area contributed by atoms with Gasteiger partial charge >= 0.3 is 0 Å². The summed E-state index contributed by atoms with van der Waals surface area (Å²) in [5.41, 5.74) is 2.90. The highest BCUT2D eigenvalue weighted by atomic mass is 28.4. The third-order valence-corrected chi connectivity index (χ3v) is 9.79. The second-order valence-electron chi connectivity index (χ2n) is 8.91. The van der Waals surface area contributed by atoms with Crippen molar-refractivity contribution in [3.05, 3.63) is 65.2 Å². The summed E-state index contributed by atoms with van der Waals surface area (Å²) in [5, 5.41) is 0.146. The summed E-state index contributed by atoms with van der Waals surface area (Å²) in [6, 6.07) is 16.2. The molecule has 0 aliphatic heterocycles. The molecule has 152 valence electrons. The first-order valence-corrected chi connectivity index (χ1v) is 13.5. The summed E-state index contributed by atoms with van der Waals surface area (Å²) < 4.78 is 6.53. The van der Waals surface area contributed by atoms with Crippen molar-refractivity contribution in [3.63, 3.8) is 0 Å². The van der Waals surface area contributed by atoms with Crippen LogP contribution in [-0.2, 0) is 0 Å². The van der Waals surface area contributed by atoms with Gasteiger partial charge in [-0.25, -0.2) is 0 Å². The van der Waals surface area contributed by atoms with Crippen molar-refractivity contribution < 1.29 is 4.43 Å². The smallest absolute Gasteiger partial charge is 0.250 e. The van der Waals surface area contributed by atoms with Crippen LogP contribution in [0.4, 0.5) is 0 Å². The van der Waals surface area contributed by atoms with Gasteiger partial charge in [0.05, 0.1) is 5.56 Å². The van der Waals surface area contributed by atoms with E-state index in [0.717, 1.165) is 35.3 Å². The Labute approximate surface area is 179 Å². The first-order chi connectivity index (χ1) is 13.7. The Kier molecular flexibility index (Phi) is 8.18. The molecule has 2 aromatic rings. The average molecular weight is 403 g/mol. The van der Waals surface area contributed by atoms with Gasteiger partial charge in [-0.3, -0.25) is 0 Å². The minimum atomic E-state index is -1.92. The topological polar surface area (TPSA) is 9.23 Å². The Morgan fingerprint density at radius 1 is 0.793 bits per heavy atom.